The van der Waals surface area contributed by atoms with Crippen molar-refractivity contribution in [3.05, 3.63) is 35.9 Å². The van der Waals surface area contributed by atoms with Crippen LogP contribution < -0.4 is 0 Å². The van der Waals surface area contributed by atoms with Gasteiger partial charge < -0.3 is 13.8 Å². The van der Waals surface area contributed by atoms with Gasteiger partial charge in [0.1, 0.15) is 6.26 Å². The summed E-state index contributed by atoms with van der Waals surface area (Å²) in [5, 5.41) is 3.81. The summed E-state index contributed by atoms with van der Waals surface area (Å²) in [4.78, 5) is 18.3. The molecule has 1 amide bonds. The molecule has 3 heterocycles. The maximum Gasteiger partial charge on any atom is 0.257 e. The Hall–Kier alpha value is -2.11. The Kier molecular flexibility index (Phi) is 3.06. The van der Waals surface area contributed by atoms with Crippen molar-refractivity contribution in [1.29, 1.82) is 0 Å². The molecule has 6 heteroatoms. The lowest BCUT2D eigenvalue weighted by Gasteiger charge is -2.30. The summed E-state index contributed by atoms with van der Waals surface area (Å²) in [6.45, 7) is 3.17. The summed E-state index contributed by atoms with van der Waals surface area (Å²) in [7, 11) is 0. The number of carbonyl (C=O) groups excluding carboxylic acids is 1. The summed E-state index contributed by atoms with van der Waals surface area (Å²) in [6, 6.07) is 1.68. The van der Waals surface area contributed by atoms with Crippen LogP contribution in [0.2, 0.25) is 0 Å². The summed E-state index contributed by atoms with van der Waals surface area (Å²) >= 11 is 0. The van der Waals surface area contributed by atoms with Crippen molar-refractivity contribution in [2.45, 2.75) is 25.7 Å². The van der Waals surface area contributed by atoms with Gasteiger partial charge in [0.25, 0.3) is 5.91 Å². The first kappa shape index (κ1) is 12.0. The molecule has 0 radical (unpaired) electrons. The fourth-order valence-electron chi connectivity index (χ4n) is 2.41. The standard InChI is InChI=1S/C13H15N3O3/c1-9-14-12(19-15-9)10-3-2-5-16(7-10)13(17)11-4-6-18-8-11/h4,6,8,10H,2-3,5,7H2,1H3. The summed E-state index contributed by atoms with van der Waals surface area (Å²) in [5.74, 6) is 1.39. The Balaban J connectivity index is 1.73. The number of carbonyl (C=O) groups is 1. The molecule has 2 aromatic rings. The number of rotatable bonds is 2. The number of aromatic nitrogens is 2. The molecule has 1 fully saturated rings. The lowest BCUT2D eigenvalue weighted by atomic mass is 9.97. The topological polar surface area (TPSA) is 72.4 Å². The molecule has 0 N–H and O–H groups in total. The Bertz CT molecular complexity index is 561. The molecular weight excluding hydrogens is 246 g/mol. The second-order valence-corrected chi connectivity index (χ2v) is 4.78. The van der Waals surface area contributed by atoms with Gasteiger partial charge in [-0.15, -0.1) is 0 Å². The van der Waals surface area contributed by atoms with Crippen LogP contribution in [0.4, 0.5) is 0 Å². The van der Waals surface area contributed by atoms with Crippen LogP contribution in [0, 0.1) is 6.92 Å². The minimum Gasteiger partial charge on any atom is -0.472 e. The number of hydrogen-bond acceptors (Lipinski definition) is 5. The highest BCUT2D eigenvalue weighted by atomic mass is 16.5. The fourth-order valence-corrected chi connectivity index (χ4v) is 2.41. The molecule has 1 aliphatic rings. The van der Waals surface area contributed by atoms with Gasteiger partial charge in [0, 0.05) is 13.1 Å². The van der Waals surface area contributed by atoms with Crippen molar-refractivity contribution in [3.8, 4) is 0 Å². The molecule has 0 spiro atoms. The molecular formula is C13H15N3O3. The third-order valence-electron chi connectivity index (χ3n) is 3.37. The number of likely N-dealkylation sites (tertiary alicyclic amines) is 1. The number of nitrogens with zero attached hydrogens (tertiary/aromatic N) is 3. The van der Waals surface area contributed by atoms with Gasteiger partial charge in [-0.25, -0.2) is 0 Å². The molecule has 19 heavy (non-hydrogen) atoms. The van der Waals surface area contributed by atoms with Crippen molar-refractivity contribution in [2.75, 3.05) is 13.1 Å². The third-order valence-corrected chi connectivity index (χ3v) is 3.37. The van der Waals surface area contributed by atoms with Crippen LogP contribution in [0.25, 0.3) is 0 Å². The van der Waals surface area contributed by atoms with E-state index < -0.39 is 0 Å². The zero-order valence-corrected chi connectivity index (χ0v) is 10.7. The van der Waals surface area contributed by atoms with E-state index in [4.69, 9.17) is 8.94 Å². The molecule has 1 atom stereocenters. The van der Waals surface area contributed by atoms with Crippen molar-refractivity contribution >= 4 is 5.91 Å². The van der Waals surface area contributed by atoms with Crippen molar-refractivity contribution in [3.63, 3.8) is 0 Å². The molecule has 3 rings (SSSR count). The van der Waals surface area contributed by atoms with Gasteiger partial charge in [-0.1, -0.05) is 5.16 Å². The Morgan fingerprint density at radius 3 is 3.11 bits per heavy atom. The lowest BCUT2D eigenvalue weighted by Crippen LogP contribution is -2.39. The number of furan rings is 1. The van der Waals surface area contributed by atoms with Crippen molar-refractivity contribution < 1.29 is 13.7 Å². The highest BCUT2D eigenvalue weighted by Crippen LogP contribution is 2.26. The highest BCUT2D eigenvalue weighted by molar-refractivity contribution is 5.93. The van der Waals surface area contributed by atoms with Crippen LogP contribution in [-0.4, -0.2) is 34.0 Å². The van der Waals surface area contributed by atoms with Crippen LogP contribution in [0.5, 0.6) is 0 Å². The molecule has 0 aliphatic carbocycles. The van der Waals surface area contributed by atoms with E-state index in [0.717, 1.165) is 19.4 Å². The average molecular weight is 261 g/mol. The summed E-state index contributed by atoms with van der Waals surface area (Å²) in [5.41, 5.74) is 0.586. The quantitative estimate of drug-likeness (QED) is 0.826. The minimum atomic E-state index is -0.00492. The van der Waals surface area contributed by atoms with Gasteiger partial charge in [0.2, 0.25) is 5.89 Å². The monoisotopic (exact) mass is 261 g/mol. The first-order valence-corrected chi connectivity index (χ1v) is 6.35. The molecule has 0 bridgehead atoms. The van der Waals surface area contributed by atoms with E-state index >= 15 is 0 Å². The molecule has 1 saturated heterocycles. The SMILES string of the molecule is Cc1noc(C2CCCN(C(=O)c3ccoc3)C2)n1. The van der Waals surface area contributed by atoms with E-state index in [-0.39, 0.29) is 11.8 Å². The second-order valence-electron chi connectivity index (χ2n) is 4.78. The predicted molar refractivity (Wildman–Crippen MR) is 65.6 cm³/mol. The highest BCUT2D eigenvalue weighted by Gasteiger charge is 2.29. The van der Waals surface area contributed by atoms with Crippen molar-refractivity contribution in [2.24, 2.45) is 0 Å². The first-order chi connectivity index (χ1) is 9.24. The third kappa shape index (κ3) is 2.38. The van der Waals surface area contributed by atoms with Crippen LogP contribution in [0.15, 0.2) is 27.5 Å². The number of hydrogen-bond donors (Lipinski definition) is 0. The molecule has 0 saturated carbocycles. The Labute approximate surface area is 110 Å². The van der Waals surface area contributed by atoms with Crippen LogP contribution in [0.1, 0.15) is 40.8 Å². The second kappa shape index (κ2) is 4.87. The largest absolute Gasteiger partial charge is 0.472 e. The number of amides is 1. The molecule has 2 aromatic heterocycles. The van der Waals surface area contributed by atoms with Crippen molar-refractivity contribution in [1.82, 2.24) is 15.0 Å². The molecule has 6 nitrogen and oxygen atoms in total. The van der Waals surface area contributed by atoms with Gasteiger partial charge in [0.05, 0.1) is 17.7 Å². The van der Waals surface area contributed by atoms with E-state index in [2.05, 4.69) is 10.1 Å². The zero-order chi connectivity index (χ0) is 13.2. The molecule has 0 aromatic carbocycles. The molecule has 100 valence electrons. The summed E-state index contributed by atoms with van der Waals surface area (Å²) in [6.07, 6.45) is 4.89. The zero-order valence-electron chi connectivity index (χ0n) is 10.7. The Morgan fingerprint density at radius 1 is 1.53 bits per heavy atom. The van der Waals surface area contributed by atoms with E-state index in [0.29, 0.717) is 23.8 Å². The van der Waals surface area contributed by atoms with Gasteiger partial charge in [0.15, 0.2) is 5.82 Å². The van der Waals surface area contributed by atoms with Gasteiger partial charge in [-0.2, -0.15) is 4.98 Å². The van der Waals surface area contributed by atoms with Crippen LogP contribution in [0.3, 0.4) is 0 Å². The van der Waals surface area contributed by atoms with Crippen LogP contribution >= 0.6 is 0 Å². The molecule has 1 aliphatic heterocycles. The lowest BCUT2D eigenvalue weighted by molar-refractivity contribution is 0.0695. The normalized spacial score (nSPS) is 19.6. The Morgan fingerprint density at radius 2 is 2.42 bits per heavy atom. The minimum absolute atomic E-state index is 0.00492. The van der Waals surface area contributed by atoms with E-state index in [1.807, 2.05) is 4.90 Å². The maximum absolute atomic E-state index is 12.2. The van der Waals surface area contributed by atoms with E-state index in [9.17, 15) is 4.79 Å². The van der Waals surface area contributed by atoms with Gasteiger partial charge in [-0.05, 0) is 25.8 Å². The average Bonchev–Trinajstić information content (AvgIpc) is 3.09. The summed E-state index contributed by atoms with van der Waals surface area (Å²) < 4.78 is 10.2. The predicted octanol–water partition coefficient (Wildman–Crippen LogP) is 1.99. The number of piperidine rings is 1. The van der Waals surface area contributed by atoms with Crippen LogP contribution in [-0.2, 0) is 0 Å². The maximum atomic E-state index is 12.2. The van der Waals surface area contributed by atoms with E-state index in [1.54, 1.807) is 13.0 Å². The molecule has 1 unspecified atom stereocenters. The number of aryl methyl sites for hydroxylation is 1. The van der Waals surface area contributed by atoms with E-state index in [1.165, 1.54) is 12.5 Å². The first-order valence-electron chi connectivity index (χ1n) is 6.35. The fraction of sp³-hybridized carbons (Fsp3) is 0.462. The smallest absolute Gasteiger partial charge is 0.257 e. The van der Waals surface area contributed by atoms with Gasteiger partial charge in [-0.3, -0.25) is 4.79 Å². The van der Waals surface area contributed by atoms with Gasteiger partial charge >= 0.3 is 0 Å².